The minimum atomic E-state index is -2.65. The third-order valence-electron chi connectivity index (χ3n) is 3.47. The van der Waals surface area contributed by atoms with Gasteiger partial charge in [0.1, 0.15) is 5.78 Å². The van der Waals surface area contributed by atoms with Gasteiger partial charge in [-0.25, -0.2) is 8.78 Å². The smallest absolute Gasteiger partial charge is 0.248 e. The Bertz CT molecular complexity index is 277. The highest BCUT2D eigenvalue weighted by molar-refractivity contribution is 5.86. The van der Waals surface area contributed by atoms with E-state index >= 15 is 0 Å². The molecule has 0 aliphatic heterocycles. The third-order valence-corrected chi connectivity index (χ3v) is 3.47. The molecule has 1 N–H and O–H groups in total. The average molecular weight is 234 g/mol. The molecule has 1 atom stereocenters. The maximum absolute atomic E-state index is 12.7. The monoisotopic (exact) mass is 234 g/mol. The predicted molar refractivity (Wildman–Crippen MR) is 57.3 cm³/mol. The van der Waals surface area contributed by atoms with Crippen LogP contribution < -0.4 is 0 Å². The summed E-state index contributed by atoms with van der Waals surface area (Å²) < 4.78 is 25.4. The van der Waals surface area contributed by atoms with Crippen molar-refractivity contribution in [3.05, 3.63) is 0 Å². The fourth-order valence-corrected chi connectivity index (χ4v) is 2.41. The molecule has 0 amide bonds. The van der Waals surface area contributed by atoms with Crippen molar-refractivity contribution in [2.45, 2.75) is 52.6 Å². The number of rotatable bonds is 4. The van der Waals surface area contributed by atoms with Gasteiger partial charge in [-0.2, -0.15) is 0 Å². The minimum Gasteiger partial charge on any atom is -0.392 e. The van der Waals surface area contributed by atoms with E-state index in [9.17, 15) is 18.7 Å². The van der Waals surface area contributed by atoms with Crippen LogP contribution in [0.2, 0.25) is 0 Å². The summed E-state index contributed by atoms with van der Waals surface area (Å²) in [6.07, 6.45) is -1.58. The van der Waals surface area contributed by atoms with Crippen LogP contribution in [0.15, 0.2) is 0 Å². The van der Waals surface area contributed by atoms with Gasteiger partial charge in [0.05, 0.1) is 6.10 Å². The molecule has 4 heteroatoms. The first-order valence-electron chi connectivity index (χ1n) is 5.68. The summed E-state index contributed by atoms with van der Waals surface area (Å²) in [4.78, 5) is 11.9. The van der Waals surface area contributed by atoms with Crippen LogP contribution in [0, 0.1) is 17.3 Å². The Hall–Kier alpha value is -0.510. The van der Waals surface area contributed by atoms with E-state index in [1.54, 1.807) is 27.7 Å². The van der Waals surface area contributed by atoms with E-state index in [1.165, 1.54) is 0 Å². The second-order valence-corrected chi connectivity index (χ2v) is 5.71. The number of alkyl halides is 2. The zero-order chi connectivity index (χ0) is 12.7. The number of carbonyl (C=O) groups excluding carboxylic acids is 1. The lowest BCUT2D eigenvalue weighted by Crippen LogP contribution is -2.51. The zero-order valence-corrected chi connectivity index (χ0v) is 10.3. The van der Waals surface area contributed by atoms with Crippen LogP contribution in [0.5, 0.6) is 0 Å². The molecule has 1 aliphatic rings. The van der Waals surface area contributed by atoms with Crippen LogP contribution in [0.3, 0.4) is 0 Å². The molecule has 0 saturated heterocycles. The Balaban J connectivity index is 2.67. The van der Waals surface area contributed by atoms with Gasteiger partial charge in [0.2, 0.25) is 5.92 Å². The summed E-state index contributed by atoms with van der Waals surface area (Å²) in [6, 6.07) is 0. The van der Waals surface area contributed by atoms with Crippen LogP contribution >= 0.6 is 0 Å². The number of aliphatic hydroxyl groups excluding tert-OH is 1. The van der Waals surface area contributed by atoms with Crippen molar-refractivity contribution in [1.29, 1.82) is 0 Å². The minimum absolute atomic E-state index is 0.0739. The Morgan fingerprint density at radius 1 is 1.38 bits per heavy atom. The number of aliphatic hydroxyl groups is 1. The van der Waals surface area contributed by atoms with Gasteiger partial charge in [0, 0.05) is 24.2 Å². The molecule has 0 spiro atoms. The van der Waals surface area contributed by atoms with Crippen molar-refractivity contribution in [3.63, 3.8) is 0 Å². The van der Waals surface area contributed by atoms with Gasteiger partial charge in [-0.3, -0.25) is 4.79 Å². The second-order valence-electron chi connectivity index (χ2n) is 5.71. The molecule has 1 aliphatic carbocycles. The van der Waals surface area contributed by atoms with Gasteiger partial charge >= 0.3 is 0 Å². The summed E-state index contributed by atoms with van der Waals surface area (Å²) in [5.74, 6) is -3.36. The molecule has 1 saturated carbocycles. The van der Waals surface area contributed by atoms with Gasteiger partial charge in [-0.1, -0.05) is 27.7 Å². The molecule has 0 aromatic carbocycles. The normalized spacial score (nSPS) is 23.0. The van der Waals surface area contributed by atoms with E-state index in [1.807, 2.05) is 0 Å². The molecular weight excluding hydrogens is 214 g/mol. The first-order valence-corrected chi connectivity index (χ1v) is 5.68. The third kappa shape index (κ3) is 2.42. The lowest BCUT2D eigenvalue weighted by molar-refractivity contribution is -0.169. The van der Waals surface area contributed by atoms with Crippen molar-refractivity contribution in [2.75, 3.05) is 0 Å². The topological polar surface area (TPSA) is 37.3 Å². The number of ketones is 1. The largest absolute Gasteiger partial charge is 0.392 e. The Morgan fingerprint density at radius 2 is 1.81 bits per heavy atom. The number of Topliss-reactive ketones (excluding diaryl/α,β-unsaturated/α-hetero) is 1. The van der Waals surface area contributed by atoms with Crippen LogP contribution in [-0.2, 0) is 4.79 Å². The molecule has 0 unspecified atom stereocenters. The Morgan fingerprint density at radius 3 is 2.12 bits per heavy atom. The fraction of sp³-hybridized carbons (Fsp3) is 0.917. The van der Waals surface area contributed by atoms with Crippen LogP contribution in [0.1, 0.15) is 40.5 Å². The number of halogens is 2. The van der Waals surface area contributed by atoms with Crippen molar-refractivity contribution in [2.24, 2.45) is 17.3 Å². The van der Waals surface area contributed by atoms with E-state index in [0.29, 0.717) is 0 Å². The predicted octanol–water partition coefficient (Wildman–Crippen LogP) is 2.64. The summed E-state index contributed by atoms with van der Waals surface area (Å²) >= 11 is 0. The van der Waals surface area contributed by atoms with Crippen molar-refractivity contribution in [1.82, 2.24) is 0 Å². The quantitative estimate of drug-likeness (QED) is 0.812. The molecule has 0 bridgehead atoms. The molecule has 16 heavy (non-hydrogen) atoms. The lowest BCUT2D eigenvalue weighted by Gasteiger charge is -2.43. The van der Waals surface area contributed by atoms with Gasteiger partial charge in [0.15, 0.2) is 0 Å². The highest BCUT2D eigenvalue weighted by Crippen LogP contribution is 2.48. The molecule has 0 radical (unpaired) electrons. The van der Waals surface area contributed by atoms with Gasteiger partial charge in [0.25, 0.3) is 0 Å². The summed E-state index contributed by atoms with van der Waals surface area (Å²) in [5, 5.41) is 9.99. The van der Waals surface area contributed by atoms with Gasteiger partial charge in [-0.05, 0) is 5.92 Å². The zero-order valence-electron chi connectivity index (χ0n) is 10.3. The highest BCUT2D eigenvalue weighted by Gasteiger charge is 2.53. The molecule has 2 nitrogen and oxygen atoms in total. The summed E-state index contributed by atoms with van der Waals surface area (Å²) in [6.45, 7) is 6.78. The van der Waals surface area contributed by atoms with Gasteiger partial charge < -0.3 is 5.11 Å². The van der Waals surface area contributed by atoms with Gasteiger partial charge in [-0.15, -0.1) is 0 Å². The summed E-state index contributed by atoms with van der Waals surface area (Å²) in [5.41, 5.74) is -0.935. The van der Waals surface area contributed by atoms with E-state index < -0.39 is 23.4 Å². The standard InChI is InChI=1S/C12H20F2O2/c1-7(2)9(15)11(3,4)10(16)8-5-12(13,14)6-8/h7-8,10,16H,5-6H2,1-4H3/t10-/m0/s1. The Kier molecular flexibility index (Phi) is 3.44. The fourth-order valence-electron chi connectivity index (χ4n) is 2.41. The first kappa shape index (κ1) is 13.6. The molecule has 94 valence electrons. The summed E-state index contributed by atoms with van der Waals surface area (Å²) in [7, 11) is 0. The molecule has 0 aromatic heterocycles. The average Bonchev–Trinajstić information content (AvgIpc) is 2.11. The number of hydrogen-bond acceptors (Lipinski definition) is 2. The van der Waals surface area contributed by atoms with E-state index in [0.717, 1.165) is 0 Å². The second kappa shape index (κ2) is 4.06. The maximum atomic E-state index is 12.7. The van der Waals surface area contributed by atoms with Crippen LogP contribution in [-0.4, -0.2) is 22.9 Å². The van der Waals surface area contributed by atoms with Crippen LogP contribution in [0.25, 0.3) is 0 Å². The van der Waals surface area contributed by atoms with Crippen molar-refractivity contribution in [3.8, 4) is 0 Å². The number of hydrogen-bond donors (Lipinski definition) is 1. The highest BCUT2D eigenvalue weighted by atomic mass is 19.3. The molecule has 1 fully saturated rings. The van der Waals surface area contributed by atoms with Crippen molar-refractivity contribution < 1.29 is 18.7 Å². The van der Waals surface area contributed by atoms with E-state index in [2.05, 4.69) is 0 Å². The molecule has 0 aromatic rings. The van der Waals surface area contributed by atoms with E-state index in [4.69, 9.17) is 0 Å². The van der Waals surface area contributed by atoms with Crippen molar-refractivity contribution >= 4 is 5.78 Å². The van der Waals surface area contributed by atoms with Crippen LogP contribution in [0.4, 0.5) is 8.78 Å². The first-order chi connectivity index (χ1) is 7.08. The Labute approximate surface area is 95.0 Å². The molecular formula is C12H20F2O2. The number of carbonyl (C=O) groups is 1. The SMILES string of the molecule is CC(C)C(=O)C(C)(C)[C@@H](O)C1CC(F)(F)C1. The molecule has 0 heterocycles. The lowest BCUT2D eigenvalue weighted by atomic mass is 9.66. The molecule has 1 rings (SSSR count). The maximum Gasteiger partial charge on any atom is 0.248 e. The van der Waals surface area contributed by atoms with E-state index in [-0.39, 0.29) is 24.5 Å².